The van der Waals surface area contributed by atoms with Gasteiger partial charge in [0.05, 0.1) is 5.56 Å². The molecule has 4 unspecified atom stereocenters. The van der Waals surface area contributed by atoms with E-state index < -0.39 is 11.6 Å². The second kappa shape index (κ2) is 11.6. The molecule has 180 valence electrons. The molecule has 0 radical (unpaired) electrons. The van der Waals surface area contributed by atoms with E-state index in [4.69, 9.17) is 0 Å². The van der Waals surface area contributed by atoms with E-state index in [1.807, 2.05) is 24.3 Å². The molecule has 0 amide bonds. The lowest BCUT2D eigenvalue weighted by atomic mass is 9.63. The van der Waals surface area contributed by atoms with E-state index in [0.29, 0.717) is 11.5 Å². The van der Waals surface area contributed by atoms with Crippen LogP contribution in [0.15, 0.2) is 36.4 Å². The summed E-state index contributed by atoms with van der Waals surface area (Å²) in [5.74, 6) is 1.97. The summed E-state index contributed by atoms with van der Waals surface area (Å²) in [4.78, 5) is 0. The molecular weight excluding hydrogens is 410 g/mol. The minimum absolute atomic E-state index is 0.124. The third kappa shape index (κ3) is 6.06. The number of hydrogen-bond acceptors (Lipinski definition) is 0. The second-order valence-corrected chi connectivity index (χ2v) is 10.9. The summed E-state index contributed by atoms with van der Waals surface area (Å²) >= 11 is 0. The summed E-state index contributed by atoms with van der Waals surface area (Å²) in [6, 6.07) is 11.0. The molecule has 2 fully saturated rings. The van der Waals surface area contributed by atoms with Crippen molar-refractivity contribution in [3.05, 3.63) is 59.2 Å². The van der Waals surface area contributed by atoms with Gasteiger partial charge in [-0.2, -0.15) is 0 Å². The minimum atomic E-state index is -0.411. The molecule has 0 bridgehead atoms. The summed E-state index contributed by atoms with van der Waals surface area (Å²) in [5, 5.41) is 0. The molecule has 2 aromatic rings. The molecule has 2 heteroatoms. The van der Waals surface area contributed by atoms with Gasteiger partial charge in [-0.3, -0.25) is 0 Å². The van der Waals surface area contributed by atoms with Gasteiger partial charge in [0, 0.05) is 0 Å². The molecule has 0 aromatic heterocycles. The first-order valence-corrected chi connectivity index (χ1v) is 13.7. The van der Waals surface area contributed by atoms with E-state index in [9.17, 15) is 0 Å². The highest BCUT2D eigenvalue weighted by molar-refractivity contribution is 5.65. The molecule has 2 saturated carbocycles. The highest BCUT2D eigenvalue weighted by Crippen LogP contribution is 2.49. The van der Waals surface area contributed by atoms with Crippen LogP contribution in [0.25, 0.3) is 11.1 Å². The Labute approximate surface area is 200 Å². The summed E-state index contributed by atoms with van der Waals surface area (Å²) in [6.45, 7) is 4.42. The first kappa shape index (κ1) is 24.4. The third-order valence-corrected chi connectivity index (χ3v) is 8.50. The molecule has 2 aromatic carbocycles. The Morgan fingerprint density at radius 2 is 1.45 bits per heavy atom. The van der Waals surface area contributed by atoms with Crippen LogP contribution in [0, 0.1) is 29.4 Å². The summed E-state index contributed by atoms with van der Waals surface area (Å²) in [6.07, 6.45) is 16.4. The predicted octanol–water partition coefficient (Wildman–Crippen LogP) is 9.85. The number of fused-ring (bicyclic) bond motifs is 1. The quantitative estimate of drug-likeness (QED) is 0.332. The molecule has 4 atom stereocenters. The van der Waals surface area contributed by atoms with Gasteiger partial charge in [0.15, 0.2) is 0 Å². The van der Waals surface area contributed by atoms with E-state index in [1.54, 1.807) is 12.1 Å². The zero-order chi connectivity index (χ0) is 23.2. The molecule has 0 spiro atoms. The first-order chi connectivity index (χ1) is 16.1. The zero-order valence-corrected chi connectivity index (χ0v) is 20.7. The number of aryl methyl sites for hydroxylation is 1. The Morgan fingerprint density at radius 3 is 2.15 bits per heavy atom. The van der Waals surface area contributed by atoms with Crippen molar-refractivity contribution in [1.82, 2.24) is 0 Å². The van der Waals surface area contributed by atoms with Gasteiger partial charge in [-0.15, -0.1) is 0 Å². The Morgan fingerprint density at radius 1 is 0.758 bits per heavy atom. The van der Waals surface area contributed by atoms with Gasteiger partial charge in [0.25, 0.3) is 0 Å². The minimum Gasteiger partial charge on any atom is -0.206 e. The molecule has 0 aliphatic heterocycles. The van der Waals surface area contributed by atoms with Crippen molar-refractivity contribution in [2.45, 2.75) is 103 Å². The van der Waals surface area contributed by atoms with E-state index in [0.717, 1.165) is 49.0 Å². The van der Waals surface area contributed by atoms with Crippen LogP contribution in [0.1, 0.15) is 108 Å². The molecule has 0 nitrogen and oxygen atoms in total. The molecule has 0 N–H and O–H groups in total. The smallest absolute Gasteiger partial charge is 0.134 e. The summed E-state index contributed by atoms with van der Waals surface area (Å²) in [7, 11) is 0. The van der Waals surface area contributed by atoms with Crippen LogP contribution in [0.5, 0.6) is 0 Å². The average Bonchev–Trinajstić information content (AvgIpc) is 2.82. The van der Waals surface area contributed by atoms with Crippen molar-refractivity contribution >= 4 is 0 Å². The molecule has 2 aliphatic carbocycles. The fourth-order valence-corrected chi connectivity index (χ4v) is 6.64. The van der Waals surface area contributed by atoms with Gasteiger partial charge < -0.3 is 0 Å². The van der Waals surface area contributed by atoms with Crippen LogP contribution in [0.2, 0.25) is 0 Å². The van der Waals surface area contributed by atoms with E-state index >= 15 is 8.78 Å². The SMILES string of the molecule is CCCCCCC1CCC2CC(c3cc(F)c(-c4ccc(CCC)cc4)c(F)c3)CCC2C1. The standard InChI is InChI=1S/C31H42F2/c1-3-5-6-7-9-23-12-15-26-19-27(17-16-25(26)18-23)28-20-29(32)31(30(33)21-28)24-13-10-22(8-4-2)11-14-24/h10-11,13-14,20-21,23,25-27H,3-9,12,15-19H2,1-2H3. The molecular formula is C31H42F2. The fraction of sp³-hybridized carbons (Fsp3) is 0.613. The summed E-state index contributed by atoms with van der Waals surface area (Å²) in [5.41, 5.74) is 2.85. The van der Waals surface area contributed by atoms with E-state index in [2.05, 4.69) is 13.8 Å². The van der Waals surface area contributed by atoms with Crippen LogP contribution in [-0.4, -0.2) is 0 Å². The van der Waals surface area contributed by atoms with Gasteiger partial charge in [0.1, 0.15) is 11.6 Å². The Kier molecular flexibility index (Phi) is 8.61. The van der Waals surface area contributed by atoms with Gasteiger partial charge >= 0.3 is 0 Å². The van der Waals surface area contributed by atoms with Crippen molar-refractivity contribution < 1.29 is 8.78 Å². The van der Waals surface area contributed by atoms with Crippen molar-refractivity contribution in [3.8, 4) is 11.1 Å². The zero-order valence-electron chi connectivity index (χ0n) is 20.7. The molecule has 33 heavy (non-hydrogen) atoms. The van der Waals surface area contributed by atoms with Gasteiger partial charge in [-0.05, 0) is 91.0 Å². The van der Waals surface area contributed by atoms with Crippen molar-refractivity contribution in [1.29, 1.82) is 0 Å². The topological polar surface area (TPSA) is 0 Å². The number of unbranched alkanes of at least 4 members (excludes halogenated alkanes) is 3. The average molecular weight is 453 g/mol. The van der Waals surface area contributed by atoms with Crippen molar-refractivity contribution in [2.24, 2.45) is 17.8 Å². The van der Waals surface area contributed by atoms with Gasteiger partial charge in [-0.1, -0.05) is 83.1 Å². The Bertz CT molecular complexity index is 861. The maximum absolute atomic E-state index is 15.1. The number of hydrogen-bond donors (Lipinski definition) is 0. The molecule has 4 rings (SSSR count). The van der Waals surface area contributed by atoms with Crippen LogP contribution in [0.3, 0.4) is 0 Å². The first-order valence-electron chi connectivity index (χ1n) is 13.7. The monoisotopic (exact) mass is 452 g/mol. The second-order valence-electron chi connectivity index (χ2n) is 10.9. The van der Waals surface area contributed by atoms with Crippen molar-refractivity contribution in [2.75, 3.05) is 0 Å². The van der Waals surface area contributed by atoms with Crippen molar-refractivity contribution in [3.63, 3.8) is 0 Å². The van der Waals surface area contributed by atoms with E-state index in [1.165, 1.54) is 63.4 Å². The van der Waals surface area contributed by atoms with Crippen LogP contribution in [-0.2, 0) is 6.42 Å². The summed E-state index contributed by atoms with van der Waals surface area (Å²) < 4.78 is 30.2. The lowest BCUT2D eigenvalue weighted by Gasteiger charge is -2.42. The van der Waals surface area contributed by atoms with Crippen LogP contribution in [0.4, 0.5) is 8.78 Å². The fourth-order valence-electron chi connectivity index (χ4n) is 6.64. The van der Waals surface area contributed by atoms with E-state index in [-0.39, 0.29) is 5.56 Å². The normalized spacial score (nSPS) is 25.1. The van der Waals surface area contributed by atoms with Crippen LogP contribution >= 0.6 is 0 Å². The Hall–Kier alpha value is -1.70. The number of halogens is 2. The molecule has 0 saturated heterocycles. The van der Waals surface area contributed by atoms with Crippen LogP contribution < -0.4 is 0 Å². The third-order valence-electron chi connectivity index (χ3n) is 8.50. The number of benzene rings is 2. The highest BCUT2D eigenvalue weighted by atomic mass is 19.1. The lowest BCUT2D eigenvalue weighted by molar-refractivity contribution is 0.113. The Balaban J connectivity index is 1.39. The largest absolute Gasteiger partial charge is 0.206 e. The molecule has 0 heterocycles. The van der Waals surface area contributed by atoms with Gasteiger partial charge in [-0.25, -0.2) is 8.78 Å². The van der Waals surface area contributed by atoms with Gasteiger partial charge in [0.2, 0.25) is 0 Å². The molecule has 2 aliphatic rings. The maximum Gasteiger partial charge on any atom is 0.134 e. The highest BCUT2D eigenvalue weighted by Gasteiger charge is 2.36. The lowest BCUT2D eigenvalue weighted by Crippen LogP contribution is -2.30. The maximum atomic E-state index is 15.1. The predicted molar refractivity (Wildman–Crippen MR) is 135 cm³/mol. The number of rotatable bonds is 9.